The summed E-state index contributed by atoms with van der Waals surface area (Å²) >= 11 is 0. The lowest BCUT2D eigenvalue weighted by atomic mass is 9.75. The second kappa shape index (κ2) is 6.15. The Balaban J connectivity index is 0.00000133. The molecule has 2 nitrogen and oxygen atoms in total. The van der Waals surface area contributed by atoms with Crippen molar-refractivity contribution in [1.29, 1.82) is 0 Å². The van der Waals surface area contributed by atoms with E-state index in [9.17, 15) is 5.11 Å². The van der Waals surface area contributed by atoms with Crippen molar-refractivity contribution >= 4 is 12.4 Å². The molecule has 1 aliphatic carbocycles. The largest absolute Gasteiger partial charge is 0.508 e. The Morgan fingerprint density at radius 3 is 2.95 bits per heavy atom. The first-order valence-corrected chi connectivity index (χ1v) is 7.33. The van der Waals surface area contributed by atoms with E-state index in [-0.39, 0.29) is 12.4 Å². The highest BCUT2D eigenvalue weighted by Gasteiger charge is 2.35. The van der Waals surface area contributed by atoms with Crippen LogP contribution in [0.5, 0.6) is 5.75 Å². The van der Waals surface area contributed by atoms with Gasteiger partial charge in [0, 0.05) is 6.04 Å². The maximum absolute atomic E-state index is 10.0. The average Bonchev–Trinajstić information content (AvgIpc) is 2.38. The molecule has 0 amide bonds. The fraction of sp³-hybridized carbons (Fsp3) is 0.625. The summed E-state index contributed by atoms with van der Waals surface area (Å²) in [5.41, 5.74) is 2.59. The van der Waals surface area contributed by atoms with Gasteiger partial charge in [-0.05, 0) is 68.3 Å². The lowest BCUT2D eigenvalue weighted by molar-refractivity contribution is 0.0848. The molecule has 0 aromatic heterocycles. The number of phenolic OH excluding ortho intramolecular Hbond substituents is 1. The molecule has 1 fully saturated rings. The van der Waals surface area contributed by atoms with Crippen molar-refractivity contribution in [2.45, 2.75) is 45.1 Å². The zero-order valence-corrected chi connectivity index (χ0v) is 12.5. The highest BCUT2D eigenvalue weighted by Crippen LogP contribution is 2.38. The zero-order chi connectivity index (χ0) is 12.5. The van der Waals surface area contributed by atoms with E-state index in [1.54, 1.807) is 0 Å². The maximum Gasteiger partial charge on any atom is 0.119 e. The van der Waals surface area contributed by atoms with Crippen LogP contribution in [0.15, 0.2) is 18.2 Å². The Labute approximate surface area is 122 Å². The quantitative estimate of drug-likeness (QED) is 0.898. The Hall–Kier alpha value is -0.730. The van der Waals surface area contributed by atoms with Gasteiger partial charge in [0.2, 0.25) is 0 Å². The van der Waals surface area contributed by atoms with Gasteiger partial charge in [-0.1, -0.05) is 19.1 Å². The number of nitrogens with zero attached hydrogens (tertiary/aromatic N) is 1. The first-order valence-electron chi connectivity index (χ1n) is 7.33. The molecule has 1 aromatic carbocycles. The van der Waals surface area contributed by atoms with Gasteiger partial charge in [-0.2, -0.15) is 0 Å². The van der Waals surface area contributed by atoms with Crippen molar-refractivity contribution in [2.75, 3.05) is 13.1 Å². The van der Waals surface area contributed by atoms with Crippen LogP contribution in [0.25, 0.3) is 0 Å². The van der Waals surface area contributed by atoms with Gasteiger partial charge in [0.1, 0.15) is 5.75 Å². The fourth-order valence-electron chi connectivity index (χ4n) is 3.85. The lowest BCUT2D eigenvalue weighted by Crippen LogP contribution is -2.49. The van der Waals surface area contributed by atoms with Crippen LogP contribution in [0.4, 0.5) is 0 Å². The monoisotopic (exact) mass is 281 g/mol. The smallest absolute Gasteiger partial charge is 0.119 e. The summed E-state index contributed by atoms with van der Waals surface area (Å²) in [6.45, 7) is 4.72. The molecule has 1 aromatic rings. The molecule has 0 unspecified atom stereocenters. The molecule has 3 rings (SSSR count). The second-order valence-electron chi connectivity index (χ2n) is 5.83. The third-order valence-electron chi connectivity index (χ3n) is 4.69. The van der Waals surface area contributed by atoms with Crippen molar-refractivity contribution in [3.05, 3.63) is 29.3 Å². The minimum Gasteiger partial charge on any atom is -0.508 e. The van der Waals surface area contributed by atoms with Crippen LogP contribution in [-0.2, 0) is 12.8 Å². The molecule has 1 N–H and O–H groups in total. The third kappa shape index (κ3) is 2.75. The Morgan fingerprint density at radius 1 is 1.32 bits per heavy atom. The Bertz CT molecular complexity index is 433. The van der Waals surface area contributed by atoms with Gasteiger partial charge < -0.3 is 5.11 Å². The Kier molecular flexibility index (Phi) is 4.75. The molecule has 1 heterocycles. The molecule has 19 heavy (non-hydrogen) atoms. The van der Waals surface area contributed by atoms with Gasteiger partial charge in [-0.25, -0.2) is 0 Å². The van der Waals surface area contributed by atoms with Crippen molar-refractivity contribution in [3.8, 4) is 5.75 Å². The van der Waals surface area contributed by atoms with Crippen LogP contribution < -0.4 is 0 Å². The van der Waals surface area contributed by atoms with Crippen LogP contribution in [0.2, 0.25) is 0 Å². The minimum atomic E-state index is 0. The standard InChI is InChI=1S/C16H23NO.ClH/c1-2-8-17-9-4-6-13-10-12-5-3-7-16(18)14(12)11-15(13)17;/h3,5,7,13,15,18H,2,4,6,8-11H2,1H3;1H/t13-,15+;/m0./s1. The summed E-state index contributed by atoms with van der Waals surface area (Å²) < 4.78 is 0. The van der Waals surface area contributed by atoms with E-state index in [0.717, 1.165) is 18.8 Å². The third-order valence-corrected chi connectivity index (χ3v) is 4.69. The number of fused-ring (bicyclic) bond motifs is 2. The number of hydrogen-bond acceptors (Lipinski definition) is 2. The van der Waals surface area contributed by atoms with E-state index >= 15 is 0 Å². The molecule has 1 saturated heterocycles. The van der Waals surface area contributed by atoms with Gasteiger partial charge in [0.05, 0.1) is 0 Å². The summed E-state index contributed by atoms with van der Waals surface area (Å²) in [6.07, 6.45) is 6.15. The average molecular weight is 282 g/mol. The van der Waals surface area contributed by atoms with Crippen LogP contribution >= 0.6 is 12.4 Å². The molecule has 1 aliphatic heterocycles. The van der Waals surface area contributed by atoms with E-state index in [1.807, 2.05) is 12.1 Å². The zero-order valence-electron chi connectivity index (χ0n) is 11.6. The number of aromatic hydroxyl groups is 1. The molecule has 106 valence electrons. The minimum absolute atomic E-state index is 0. The molecular formula is C16H24ClNO. The number of benzene rings is 1. The number of piperidine rings is 1. The SMILES string of the molecule is CCCN1CCC[C@H]2Cc3cccc(O)c3C[C@H]21.Cl. The van der Waals surface area contributed by atoms with Gasteiger partial charge >= 0.3 is 0 Å². The first-order chi connectivity index (χ1) is 8.79. The van der Waals surface area contributed by atoms with Gasteiger partial charge in [-0.15, -0.1) is 12.4 Å². The predicted molar refractivity (Wildman–Crippen MR) is 81.1 cm³/mol. The summed E-state index contributed by atoms with van der Waals surface area (Å²) in [5.74, 6) is 1.31. The fourth-order valence-corrected chi connectivity index (χ4v) is 3.85. The summed E-state index contributed by atoms with van der Waals surface area (Å²) in [5, 5.41) is 10.0. The van der Waals surface area contributed by atoms with Crippen molar-refractivity contribution in [2.24, 2.45) is 5.92 Å². The van der Waals surface area contributed by atoms with E-state index in [2.05, 4.69) is 17.9 Å². The summed E-state index contributed by atoms with van der Waals surface area (Å²) in [4.78, 5) is 2.66. The second-order valence-corrected chi connectivity index (χ2v) is 5.83. The normalized spacial score (nSPS) is 26.2. The summed E-state index contributed by atoms with van der Waals surface area (Å²) in [6, 6.07) is 6.69. The van der Waals surface area contributed by atoms with Crippen molar-refractivity contribution < 1.29 is 5.11 Å². The van der Waals surface area contributed by atoms with Gasteiger partial charge in [-0.3, -0.25) is 4.90 Å². The number of likely N-dealkylation sites (tertiary alicyclic amines) is 1. The topological polar surface area (TPSA) is 23.5 Å². The van der Waals surface area contributed by atoms with Gasteiger partial charge in [0.15, 0.2) is 0 Å². The van der Waals surface area contributed by atoms with E-state index in [0.29, 0.717) is 11.8 Å². The number of phenols is 1. The molecule has 0 radical (unpaired) electrons. The maximum atomic E-state index is 10.0. The molecule has 3 heteroatoms. The van der Waals surface area contributed by atoms with Crippen LogP contribution in [-0.4, -0.2) is 29.1 Å². The van der Waals surface area contributed by atoms with Crippen molar-refractivity contribution in [3.63, 3.8) is 0 Å². The van der Waals surface area contributed by atoms with Crippen molar-refractivity contribution in [1.82, 2.24) is 4.90 Å². The molecule has 0 spiro atoms. The van der Waals surface area contributed by atoms with Gasteiger partial charge in [0.25, 0.3) is 0 Å². The Morgan fingerprint density at radius 2 is 2.16 bits per heavy atom. The first kappa shape index (κ1) is 14.7. The number of hydrogen-bond donors (Lipinski definition) is 1. The predicted octanol–water partition coefficient (Wildman–Crippen LogP) is 3.40. The molecule has 2 aliphatic rings. The van der Waals surface area contributed by atoms with E-state index < -0.39 is 0 Å². The van der Waals surface area contributed by atoms with Crippen LogP contribution in [0, 0.1) is 5.92 Å². The molecule has 0 bridgehead atoms. The van der Waals surface area contributed by atoms with Crippen LogP contribution in [0.1, 0.15) is 37.3 Å². The molecular weight excluding hydrogens is 258 g/mol. The highest BCUT2D eigenvalue weighted by atomic mass is 35.5. The number of halogens is 1. The number of rotatable bonds is 2. The van der Waals surface area contributed by atoms with E-state index in [1.165, 1.54) is 43.5 Å². The van der Waals surface area contributed by atoms with E-state index in [4.69, 9.17) is 0 Å². The molecule has 2 atom stereocenters. The lowest BCUT2D eigenvalue weighted by Gasteiger charge is -2.44. The summed E-state index contributed by atoms with van der Waals surface area (Å²) in [7, 11) is 0. The molecule has 0 saturated carbocycles. The van der Waals surface area contributed by atoms with Crippen LogP contribution in [0.3, 0.4) is 0 Å². The highest BCUT2D eigenvalue weighted by molar-refractivity contribution is 5.85.